The molecular weight excluding hydrogens is 306 g/mol. The molecule has 0 aromatic carbocycles. The molecule has 0 spiro atoms. The average Bonchev–Trinajstić information content (AvgIpc) is 2.38. The van der Waals surface area contributed by atoms with Gasteiger partial charge in [-0.25, -0.2) is 0 Å². The second-order valence-electron chi connectivity index (χ2n) is 6.51. The van der Waals surface area contributed by atoms with Gasteiger partial charge in [-0.05, 0) is 53.4 Å². The van der Waals surface area contributed by atoms with E-state index in [9.17, 15) is 0 Å². The van der Waals surface area contributed by atoms with Crippen LogP contribution in [0.3, 0.4) is 0 Å². The van der Waals surface area contributed by atoms with Crippen molar-refractivity contribution in [1.29, 1.82) is 0 Å². The molecule has 21 heavy (non-hydrogen) atoms. The van der Waals surface area contributed by atoms with Gasteiger partial charge in [0.1, 0.15) is 0 Å². The minimum Gasteiger partial charge on any atom is -0.343 e. The zero-order valence-electron chi connectivity index (χ0n) is 15.7. The molecule has 0 aliphatic carbocycles. The molecule has 0 saturated carbocycles. The van der Waals surface area contributed by atoms with Gasteiger partial charge in [0.25, 0.3) is 0 Å². The van der Waals surface area contributed by atoms with E-state index in [4.69, 9.17) is 0 Å². The van der Waals surface area contributed by atoms with Crippen molar-refractivity contribution in [3.8, 4) is 0 Å². The van der Waals surface area contributed by atoms with Crippen LogP contribution >= 0.6 is 0 Å². The summed E-state index contributed by atoms with van der Waals surface area (Å²) in [5.74, 6) is 1.58. The Morgan fingerprint density at radius 3 is 1.24 bits per heavy atom. The Morgan fingerprint density at radius 2 is 1.05 bits per heavy atom. The molecule has 0 aromatic heterocycles. The van der Waals surface area contributed by atoms with Gasteiger partial charge >= 0.3 is 19.5 Å². The predicted octanol–water partition coefficient (Wildman–Crippen LogP) is 7.18. The summed E-state index contributed by atoms with van der Waals surface area (Å²) in [6, 6.07) is 0. The van der Waals surface area contributed by atoms with Gasteiger partial charge in [-0.1, -0.05) is 49.0 Å². The van der Waals surface area contributed by atoms with Crippen molar-refractivity contribution in [2.24, 2.45) is 11.8 Å². The summed E-state index contributed by atoms with van der Waals surface area (Å²) in [5.41, 5.74) is 2.85. The molecule has 0 saturated heterocycles. The summed E-state index contributed by atoms with van der Waals surface area (Å²) >= 11 is 0. The van der Waals surface area contributed by atoms with Crippen molar-refractivity contribution in [1.82, 2.24) is 0 Å². The van der Waals surface area contributed by atoms with Crippen LogP contribution in [0, 0.1) is 25.7 Å². The van der Waals surface area contributed by atoms with Gasteiger partial charge < -0.3 is 13.8 Å². The minimum atomic E-state index is 0. The molecule has 0 radical (unpaired) electrons. The zero-order chi connectivity index (χ0) is 16.0. The summed E-state index contributed by atoms with van der Waals surface area (Å²) < 4.78 is 0. The Morgan fingerprint density at radius 1 is 0.762 bits per heavy atom. The van der Waals surface area contributed by atoms with Crippen molar-refractivity contribution in [3.05, 3.63) is 37.1 Å². The monoisotopic (exact) mass is 342 g/mol. The fourth-order valence-corrected chi connectivity index (χ4v) is 1.60. The third-order valence-electron chi connectivity index (χ3n) is 3.41. The molecule has 0 nitrogen and oxygen atoms in total. The Bertz CT molecular complexity index is 227. The molecule has 0 N–H and O–H groups in total. The van der Waals surface area contributed by atoms with Crippen molar-refractivity contribution in [2.45, 2.75) is 80.1 Å². The molecular formula is C20H38Zn. The van der Waals surface area contributed by atoms with E-state index in [0.29, 0.717) is 0 Å². The first-order chi connectivity index (χ1) is 9.33. The topological polar surface area (TPSA) is 0 Å². The molecule has 0 fully saturated rings. The molecule has 0 heterocycles. The molecule has 0 rings (SSSR count). The molecule has 0 aliphatic heterocycles. The van der Waals surface area contributed by atoms with Gasteiger partial charge in [0.2, 0.25) is 0 Å². The van der Waals surface area contributed by atoms with Crippen LogP contribution in [-0.2, 0) is 19.5 Å². The zero-order valence-corrected chi connectivity index (χ0v) is 18.6. The van der Waals surface area contributed by atoms with Gasteiger partial charge in [0.05, 0.1) is 0 Å². The second kappa shape index (κ2) is 18.2. The Balaban J connectivity index is -0.000000295. The standard InChI is InChI=1S/2C10H19.Zn/c2*1-5-10(4)8-6-7-9(2)3;/h2*7,10H,1,5-6,8H2,2-4H3;/q2*-1;+2. The third-order valence-corrected chi connectivity index (χ3v) is 3.41. The van der Waals surface area contributed by atoms with Gasteiger partial charge in [-0.2, -0.15) is 12.8 Å². The summed E-state index contributed by atoms with van der Waals surface area (Å²) in [5, 5.41) is 0. The van der Waals surface area contributed by atoms with Gasteiger partial charge in [-0.3, -0.25) is 0 Å². The maximum Gasteiger partial charge on any atom is 2.00 e. The number of hydrogen-bond donors (Lipinski definition) is 0. The van der Waals surface area contributed by atoms with E-state index in [2.05, 4.69) is 67.5 Å². The summed E-state index contributed by atoms with van der Waals surface area (Å²) in [6.45, 7) is 20.8. The molecule has 120 valence electrons. The first-order valence-electron chi connectivity index (χ1n) is 8.18. The smallest absolute Gasteiger partial charge is 0.343 e. The Hall–Kier alpha value is 0.103. The molecule has 0 aromatic rings. The SMILES string of the molecule is [CH2-]CC(C)CCC=C(C)C.[CH2-]CC(C)CCC=C(C)C.[Zn+2]. The van der Waals surface area contributed by atoms with Crippen LogP contribution in [0.15, 0.2) is 23.3 Å². The van der Waals surface area contributed by atoms with Crippen molar-refractivity contribution in [2.75, 3.05) is 0 Å². The van der Waals surface area contributed by atoms with E-state index in [0.717, 1.165) is 24.7 Å². The normalized spacial score (nSPS) is 12.2. The van der Waals surface area contributed by atoms with Gasteiger partial charge in [0, 0.05) is 0 Å². The van der Waals surface area contributed by atoms with Crippen molar-refractivity contribution in [3.63, 3.8) is 0 Å². The van der Waals surface area contributed by atoms with Crippen LogP contribution in [0.4, 0.5) is 0 Å². The molecule has 2 unspecified atom stereocenters. The molecule has 0 bridgehead atoms. The number of hydrogen-bond acceptors (Lipinski definition) is 0. The number of allylic oxidation sites excluding steroid dienone is 4. The van der Waals surface area contributed by atoms with E-state index in [1.165, 1.54) is 36.8 Å². The first-order valence-corrected chi connectivity index (χ1v) is 8.18. The fourth-order valence-electron chi connectivity index (χ4n) is 1.60. The van der Waals surface area contributed by atoms with Gasteiger partial charge in [-0.15, -0.1) is 0 Å². The van der Waals surface area contributed by atoms with Crippen LogP contribution in [0.5, 0.6) is 0 Å². The average molecular weight is 344 g/mol. The minimum absolute atomic E-state index is 0. The summed E-state index contributed by atoms with van der Waals surface area (Å²) in [7, 11) is 0. The number of rotatable bonds is 8. The molecule has 0 aliphatic rings. The maximum atomic E-state index is 3.86. The van der Waals surface area contributed by atoms with Crippen molar-refractivity contribution >= 4 is 0 Å². The van der Waals surface area contributed by atoms with Crippen LogP contribution in [0.1, 0.15) is 80.1 Å². The van der Waals surface area contributed by atoms with Crippen LogP contribution in [-0.4, -0.2) is 0 Å². The van der Waals surface area contributed by atoms with E-state index in [1.54, 1.807) is 0 Å². The van der Waals surface area contributed by atoms with E-state index < -0.39 is 0 Å². The van der Waals surface area contributed by atoms with Crippen molar-refractivity contribution < 1.29 is 19.5 Å². The Labute approximate surface area is 148 Å². The largest absolute Gasteiger partial charge is 2.00 e. The van der Waals surface area contributed by atoms with Crippen LogP contribution in [0.2, 0.25) is 0 Å². The molecule has 1 heteroatoms. The van der Waals surface area contributed by atoms with E-state index in [-0.39, 0.29) is 19.5 Å². The van der Waals surface area contributed by atoms with E-state index in [1.807, 2.05) is 0 Å². The fraction of sp³-hybridized carbons (Fsp3) is 0.700. The van der Waals surface area contributed by atoms with Crippen LogP contribution < -0.4 is 0 Å². The summed E-state index contributed by atoms with van der Waals surface area (Å²) in [4.78, 5) is 0. The maximum absolute atomic E-state index is 3.86. The predicted molar refractivity (Wildman–Crippen MR) is 95.6 cm³/mol. The first kappa shape index (κ1) is 26.0. The van der Waals surface area contributed by atoms with E-state index >= 15 is 0 Å². The quantitative estimate of drug-likeness (QED) is 0.248. The third kappa shape index (κ3) is 25.4. The molecule has 0 amide bonds. The Kier molecular flexibility index (Phi) is 22.5. The second-order valence-corrected chi connectivity index (χ2v) is 6.51. The molecule has 2 atom stereocenters. The van der Waals surface area contributed by atoms with Crippen LogP contribution in [0.25, 0.3) is 0 Å². The summed E-state index contributed by atoms with van der Waals surface area (Å²) in [6.07, 6.45) is 11.7. The van der Waals surface area contributed by atoms with Gasteiger partial charge in [0.15, 0.2) is 0 Å².